The van der Waals surface area contributed by atoms with Crippen molar-refractivity contribution in [1.29, 1.82) is 0 Å². The maximum absolute atomic E-state index is 2.47. The second-order valence-electron chi connectivity index (χ2n) is 20.6. The van der Waals surface area contributed by atoms with Crippen LogP contribution in [0.25, 0.3) is 86.2 Å². The molecule has 65 heavy (non-hydrogen) atoms. The molecule has 0 radical (unpaired) electrons. The summed E-state index contributed by atoms with van der Waals surface area (Å²) in [5.41, 5.74) is 5.77. The zero-order chi connectivity index (χ0) is 42.3. The lowest BCUT2D eigenvalue weighted by Crippen LogP contribution is -3.04. The van der Waals surface area contributed by atoms with Crippen LogP contribution in [0.4, 0.5) is 0 Å². The summed E-state index contributed by atoms with van der Waals surface area (Å²) in [6.45, 7) is 0. The normalized spacial score (nSPS) is 26.2. The van der Waals surface area contributed by atoms with E-state index in [1.54, 1.807) is 22.3 Å². The molecule has 16 rings (SSSR count). The molecule has 0 bridgehead atoms. The van der Waals surface area contributed by atoms with E-state index in [4.69, 9.17) is 0 Å². The van der Waals surface area contributed by atoms with Gasteiger partial charge in [-0.05, 0) is 158 Å². The van der Waals surface area contributed by atoms with Gasteiger partial charge in [0.15, 0.2) is 0 Å². The first-order valence-electron chi connectivity index (χ1n) is 23.8. The van der Waals surface area contributed by atoms with Crippen LogP contribution < -0.4 is 0 Å². The standard InChI is InChI=1S/C65H44/c1-9-25-49-41(17-1)33-42-18-2-10-26-50(42)57(49)61-37-62(58-51-27-11-3-19-43(51)34-44-20-4-12-28-52(44)58)39-64(60-55-31-15-7-23-47(55)36-48-24-8-16-32-56(48)60)40-63(38-61,65(61,62)64)59-53-29-13-5-21-45(53)35-46-22-6-14-30-54(46)59/h1-36H,37-40H2. The fourth-order valence-corrected chi connectivity index (χ4v) is 17.3. The second kappa shape index (κ2) is 11.7. The zero-order valence-electron chi connectivity index (χ0n) is 36.1. The van der Waals surface area contributed by atoms with Crippen LogP contribution in [-0.2, 0) is 21.7 Å². The molecule has 0 nitrogen and oxygen atoms in total. The van der Waals surface area contributed by atoms with E-state index in [0.29, 0.717) is 0 Å². The summed E-state index contributed by atoms with van der Waals surface area (Å²) < 4.78 is 0. The third-order valence-corrected chi connectivity index (χ3v) is 18.3. The molecule has 0 saturated heterocycles. The van der Waals surface area contributed by atoms with Crippen molar-refractivity contribution in [2.45, 2.75) is 47.3 Å². The number of benzene rings is 12. The Labute approximate surface area is 377 Å². The summed E-state index contributed by atoms with van der Waals surface area (Å²) in [6.07, 6.45) is 4.52. The minimum Gasteiger partial charge on any atom is -0.0616 e. The van der Waals surface area contributed by atoms with Crippen LogP contribution in [0.5, 0.6) is 0 Å². The predicted octanol–water partition coefficient (Wildman–Crippen LogP) is 16.6. The predicted molar refractivity (Wildman–Crippen MR) is 273 cm³/mol. The molecule has 304 valence electrons. The van der Waals surface area contributed by atoms with Gasteiger partial charge < -0.3 is 0 Å². The molecular weight excluding hydrogens is 781 g/mol. The molecule has 12 aromatic carbocycles. The summed E-state index contributed by atoms with van der Waals surface area (Å²) in [6, 6.07) is 85.0. The molecule has 12 aromatic rings. The molecule has 0 N–H and O–H groups in total. The van der Waals surface area contributed by atoms with Crippen LogP contribution >= 0.6 is 0 Å². The first kappa shape index (κ1) is 35.1. The summed E-state index contributed by atoms with van der Waals surface area (Å²) >= 11 is 0. The largest absolute Gasteiger partial charge is 0.0616 e. The van der Waals surface area contributed by atoms with E-state index in [9.17, 15) is 0 Å². The topological polar surface area (TPSA) is 0 Å². The SMILES string of the molecule is c1ccc2c(C34CC5(c6c7ccccc7cc7ccccc67)CC6(c7c8ccccc8cc8ccccc78)CC(c7c8ccccc8cc8ccccc78)(C3)C456)c3ccccc3cc2c1. The van der Waals surface area contributed by atoms with E-state index in [-0.39, 0.29) is 27.1 Å². The number of fused-ring (bicyclic) bond motifs is 8. The van der Waals surface area contributed by atoms with E-state index in [0.717, 1.165) is 25.7 Å². The number of rotatable bonds is 4. The number of hydrogen-bond acceptors (Lipinski definition) is 0. The Hall–Kier alpha value is -7.28. The molecule has 4 saturated carbocycles. The Morgan fingerprint density at radius 3 is 0.523 bits per heavy atom. The van der Waals surface area contributed by atoms with Crippen molar-refractivity contribution in [1.82, 2.24) is 0 Å². The molecule has 0 aromatic heterocycles. The van der Waals surface area contributed by atoms with Crippen molar-refractivity contribution in [3.63, 3.8) is 0 Å². The first-order chi connectivity index (χ1) is 32.1. The molecule has 4 aliphatic rings. The fourth-order valence-electron chi connectivity index (χ4n) is 17.3. The van der Waals surface area contributed by atoms with Gasteiger partial charge >= 0.3 is 0 Å². The van der Waals surface area contributed by atoms with Crippen LogP contribution in [0.1, 0.15) is 47.9 Å². The van der Waals surface area contributed by atoms with E-state index < -0.39 is 0 Å². The second-order valence-corrected chi connectivity index (χ2v) is 20.6. The van der Waals surface area contributed by atoms with Crippen LogP contribution in [-0.4, -0.2) is 0 Å². The highest BCUT2D eigenvalue weighted by atomic mass is 15.1. The van der Waals surface area contributed by atoms with Gasteiger partial charge in [0.25, 0.3) is 0 Å². The summed E-state index contributed by atoms with van der Waals surface area (Å²) in [5.74, 6) is 0. The van der Waals surface area contributed by atoms with Crippen molar-refractivity contribution >= 4 is 86.2 Å². The third-order valence-electron chi connectivity index (χ3n) is 18.3. The third kappa shape index (κ3) is 3.75. The van der Waals surface area contributed by atoms with E-state index in [2.05, 4.69) is 218 Å². The maximum Gasteiger partial charge on any atom is 0.00944 e. The quantitative estimate of drug-likeness (QED) is 0.155. The molecular formula is C65H44. The van der Waals surface area contributed by atoms with Crippen LogP contribution in [0.15, 0.2) is 218 Å². The molecule has 0 heterocycles. The van der Waals surface area contributed by atoms with E-state index >= 15 is 0 Å². The van der Waals surface area contributed by atoms with Gasteiger partial charge in [0.05, 0.1) is 0 Å². The highest BCUT2D eigenvalue weighted by molar-refractivity contribution is 6.12. The minimum atomic E-state index is -0.167. The molecule has 0 heteroatoms. The van der Waals surface area contributed by atoms with Crippen molar-refractivity contribution in [3.8, 4) is 0 Å². The van der Waals surface area contributed by atoms with Gasteiger partial charge in [0.2, 0.25) is 0 Å². The average Bonchev–Trinajstić information content (AvgIpc) is 3.33. The average molecular weight is 825 g/mol. The van der Waals surface area contributed by atoms with E-state index in [1.165, 1.54) is 86.2 Å². The number of hydrogen-bond donors (Lipinski definition) is 0. The fraction of sp³-hybridized carbons (Fsp3) is 0.138. The van der Waals surface area contributed by atoms with Crippen LogP contribution in [0, 0.1) is 5.41 Å². The highest BCUT2D eigenvalue weighted by Crippen LogP contribution is 3.05. The smallest absolute Gasteiger partial charge is 0.00944 e. The van der Waals surface area contributed by atoms with E-state index in [1.807, 2.05) is 0 Å². The van der Waals surface area contributed by atoms with Crippen LogP contribution in [0.2, 0.25) is 0 Å². The lowest BCUT2D eigenvalue weighted by Gasteiger charge is -3.04. The van der Waals surface area contributed by atoms with Crippen molar-refractivity contribution in [2.24, 2.45) is 5.41 Å². The first-order valence-corrected chi connectivity index (χ1v) is 23.8. The van der Waals surface area contributed by atoms with Gasteiger partial charge in [-0.1, -0.05) is 194 Å². The summed E-state index contributed by atoms with van der Waals surface area (Å²) in [5, 5.41) is 22.3. The van der Waals surface area contributed by atoms with Gasteiger partial charge in [-0.15, -0.1) is 0 Å². The van der Waals surface area contributed by atoms with Gasteiger partial charge in [-0.3, -0.25) is 0 Å². The van der Waals surface area contributed by atoms with Gasteiger partial charge in [0.1, 0.15) is 0 Å². The maximum atomic E-state index is 2.47. The lowest BCUT2D eigenvalue weighted by molar-refractivity contribution is -0.443. The lowest BCUT2D eigenvalue weighted by atomic mass is 8.98. The Bertz CT molecular complexity index is 3350. The van der Waals surface area contributed by atoms with Crippen molar-refractivity contribution in [3.05, 3.63) is 241 Å². The molecule has 0 unspecified atom stereocenters. The Morgan fingerprint density at radius 2 is 0.354 bits per heavy atom. The molecule has 1 spiro atoms. The van der Waals surface area contributed by atoms with Gasteiger partial charge in [-0.2, -0.15) is 0 Å². The Kier molecular flexibility index (Phi) is 6.32. The van der Waals surface area contributed by atoms with Crippen molar-refractivity contribution < 1.29 is 0 Å². The Balaban J connectivity index is 1.15. The molecule has 4 aliphatic carbocycles. The minimum absolute atomic E-state index is 0.113. The molecule has 0 amide bonds. The van der Waals surface area contributed by atoms with Gasteiger partial charge in [-0.25, -0.2) is 0 Å². The molecule has 0 atom stereocenters. The Morgan fingerprint density at radius 1 is 0.200 bits per heavy atom. The summed E-state index contributed by atoms with van der Waals surface area (Å²) in [4.78, 5) is 0. The zero-order valence-corrected chi connectivity index (χ0v) is 36.1. The summed E-state index contributed by atoms with van der Waals surface area (Å²) in [7, 11) is 0. The van der Waals surface area contributed by atoms with Crippen LogP contribution in [0.3, 0.4) is 0 Å². The molecule has 4 fully saturated rings. The molecule has 0 aliphatic heterocycles. The highest BCUT2D eigenvalue weighted by Gasteiger charge is 3.04. The monoisotopic (exact) mass is 824 g/mol. The van der Waals surface area contributed by atoms with Gasteiger partial charge in [0, 0.05) is 27.1 Å². The van der Waals surface area contributed by atoms with Crippen molar-refractivity contribution in [2.75, 3.05) is 0 Å².